The van der Waals surface area contributed by atoms with E-state index in [0.29, 0.717) is 16.5 Å². The maximum atomic E-state index is 13.4. The van der Waals surface area contributed by atoms with Crippen LogP contribution in [0.4, 0.5) is 0 Å². The Labute approximate surface area is 145 Å². The number of para-hydroxylation sites is 1. The highest BCUT2D eigenvalue weighted by Crippen LogP contribution is 2.48. The van der Waals surface area contributed by atoms with Crippen molar-refractivity contribution in [1.29, 1.82) is 0 Å². The first-order valence-corrected chi connectivity index (χ1v) is 9.66. The molecule has 1 aromatic heterocycles. The molecule has 3 aromatic rings. The molecule has 0 unspecified atom stereocenters. The lowest BCUT2D eigenvalue weighted by molar-refractivity contribution is 0.229. The van der Waals surface area contributed by atoms with Gasteiger partial charge in [-0.05, 0) is 26.0 Å². The van der Waals surface area contributed by atoms with E-state index in [1.54, 1.807) is 50.2 Å². The molecule has 0 fully saturated rings. The monoisotopic (exact) mass is 358 g/mol. The van der Waals surface area contributed by atoms with E-state index in [-0.39, 0.29) is 24.3 Å². The largest absolute Gasteiger partial charge is 0.455 e. The Morgan fingerprint density at radius 1 is 0.920 bits per heavy atom. The summed E-state index contributed by atoms with van der Waals surface area (Å²) in [7, 11) is -3.82. The Balaban J connectivity index is 2.41. The average Bonchev–Trinajstić information content (AvgIpc) is 2.62. The molecule has 0 saturated carbocycles. The zero-order valence-electron chi connectivity index (χ0n) is 14.1. The fraction of sp³-hybridized carbons (Fsp3) is 0.211. The minimum atomic E-state index is -3.82. The summed E-state index contributed by atoms with van der Waals surface area (Å²) in [6.07, 6.45) is 0. The smallest absolute Gasteiger partial charge is 0.369 e. The van der Waals surface area contributed by atoms with Crippen LogP contribution in [0.1, 0.15) is 13.8 Å². The first-order valence-electron chi connectivity index (χ1n) is 8.11. The lowest BCUT2D eigenvalue weighted by Gasteiger charge is -2.19. The summed E-state index contributed by atoms with van der Waals surface area (Å²) in [5.41, 5.74) is 0.667. The van der Waals surface area contributed by atoms with Crippen LogP contribution in [-0.4, -0.2) is 13.2 Å². The molecule has 1 heterocycles. The molecule has 0 amide bonds. The van der Waals surface area contributed by atoms with Gasteiger partial charge in [0.25, 0.3) is 0 Å². The number of rotatable bonds is 6. The van der Waals surface area contributed by atoms with Gasteiger partial charge in [-0.2, -0.15) is 0 Å². The quantitative estimate of drug-likeness (QED) is 0.613. The third kappa shape index (κ3) is 3.31. The van der Waals surface area contributed by atoms with Gasteiger partial charge in [0, 0.05) is 5.56 Å². The molecule has 3 rings (SSSR count). The molecule has 0 N–H and O–H groups in total. The second-order valence-corrected chi connectivity index (χ2v) is 7.26. The average molecular weight is 358 g/mol. The number of fused-ring (bicyclic) bond motifs is 1. The van der Waals surface area contributed by atoms with E-state index in [1.807, 2.05) is 18.2 Å². The molecule has 0 aliphatic carbocycles. The molecule has 25 heavy (non-hydrogen) atoms. The first kappa shape index (κ1) is 17.6. The van der Waals surface area contributed by atoms with Crippen LogP contribution in [0.2, 0.25) is 0 Å². The minimum absolute atomic E-state index is 0.0545. The van der Waals surface area contributed by atoms with Gasteiger partial charge in [-0.25, -0.2) is 0 Å². The summed E-state index contributed by atoms with van der Waals surface area (Å²) < 4.78 is 30.2. The normalized spacial score (nSPS) is 11.8. The minimum Gasteiger partial charge on any atom is -0.455 e. The molecule has 0 radical (unpaired) electrons. The van der Waals surface area contributed by atoms with E-state index in [2.05, 4.69) is 0 Å². The fourth-order valence-corrected chi connectivity index (χ4v) is 4.48. The molecule has 0 bridgehead atoms. The molecule has 0 aliphatic rings. The third-order valence-corrected chi connectivity index (χ3v) is 5.83. The molecule has 0 saturated heterocycles. The third-order valence-electron chi connectivity index (χ3n) is 3.68. The van der Waals surface area contributed by atoms with Crippen molar-refractivity contribution in [2.45, 2.75) is 13.8 Å². The summed E-state index contributed by atoms with van der Waals surface area (Å²) in [5.74, 6) is 0.217. The SMILES string of the molecule is CCOP(=O)(OCC)c1c(-c2ccccc2)oc2ccccc2c1=O. The van der Waals surface area contributed by atoms with Gasteiger partial charge in [0.05, 0.1) is 18.6 Å². The molecule has 0 spiro atoms. The van der Waals surface area contributed by atoms with E-state index in [0.717, 1.165) is 0 Å². The van der Waals surface area contributed by atoms with Crippen molar-refractivity contribution in [1.82, 2.24) is 0 Å². The first-order chi connectivity index (χ1) is 12.1. The van der Waals surface area contributed by atoms with Crippen LogP contribution in [0.5, 0.6) is 0 Å². The number of hydrogen-bond donors (Lipinski definition) is 0. The summed E-state index contributed by atoms with van der Waals surface area (Å²) in [6, 6.07) is 15.9. The maximum absolute atomic E-state index is 13.4. The van der Waals surface area contributed by atoms with Gasteiger partial charge in [0.1, 0.15) is 5.58 Å². The van der Waals surface area contributed by atoms with E-state index < -0.39 is 13.0 Å². The van der Waals surface area contributed by atoms with Crippen LogP contribution in [-0.2, 0) is 13.6 Å². The lowest BCUT2D eigenvalue weighted by Crippen LogP contribution is -2.29. The predicted octanol–water partition coefficient (Wildman–Crippen LogP) is 4.35. The molecule has 6 heteroatoms. The van der Waals surface area contributed by atoms with Gasteiger partial charge in [0.15, 0.2) is 11.1 Å². The maximum Gasteiger partial charge on any atom is 0.369 e. The highest BCUT2D eigenvalue weighted by molar-refractivity contribution is 7.62. The van der Waals surface area contributed by atoms with Gasteiger partial charge in [-0.1, -0.05) is 42.5 Å². The van der Waals surface area contributed by atoms with Crippen molar-refractivity contribution in [3.8, 4) is 11.3 Å². The Bertz CT molecular complexity index is 968. The van der Waals surface area contributed by atoms with E-state index >= 15 is 0 Å². The van der Waals surface area contributed by atoms with Crippen molar-refractivity contribution in [3.05, 3.63) is 64.8 Å². The Morgan fingerprint density at radius 3 is 2.16 bits per heavy atom. The second-order valence-electron chi connectivity index (χ2n) is 5.30. The number of benzene rings is 2. The zero-order chi connectivity index (χ0) is 17.9. The predicted molar refractivity (Wildman–Crippen MR) is 98.4 cm³/mol. The Kier molecular flexibility index (Phi) is 5.19. The second kappa shape index (κ2) is 7.36. The topological polar surface area (TPSA) is 65.7 Å². The van der Waals surface area contributed by atoms with Crippen LogP contribution in [0.3, 0.4) is 0 Å². The van der Waals surface area contributed by atoms with Crippen molar-refractivity contribution in [3.63, 3.8) is 0 Å². The van der Waals surface area contributed by atoms with Crippen LogP contribution in [0, 0.1) is 0 Å². The van der Waals surface area contributed by atoms with Gasteiger partial charge < -0.3 is 13.5 Å². The van der Waals surface area contributed by atoms with Crippen molar-refractivity contribution in [2.24, 2.45) is 0 Å². The van der Waals surface area contributed by atoms with Crippen LogP contribution < -0.4 is 10.7 Å². The highest BCUT2D eigenvalue weighted by Gasteiger charge is 2.35. The van der Waals surface area contributed by atoms with Crippen LogP contribution >= 0.6 is 7.60 Å². The van der Waals surface area contributed by atoms with Crippen LogP contribution in [0.25, 0.3) is 22.3 Å². The summed E-state index contributed by atoms with van der Waals surface area (Å²) >= 11 is 0. The van der Waals surface area contributed by atoms with Crippen LogP contribution in [0.15, 0.2) is 63.8 Å². The summed E-state index contributed by atoms with van der Waals surface area (Å²) in [6.45, 7) is 3.71. The van der Waals surface area contributed by atoms with Crippen molar-refractivity contribution >= 4 is 23.9 Å². The Morgan fingerprint density at radius 2 is 1.52 bits per heavy atom. The van der Waals surface area contributed by atoms with E-state index in [9.17, 15) is 9.36 Å². The van der Waals surface area contributed by atoms with E-state index in [1.165, 1.54) is 0 Å². The van der Waals surface area contributed by atoms with Gasteiger partial charge in [-0.3, -0.25) is 9.36 Å². The van der Waals surface area contributed by atoms with E-state index in [4.69, 9.17) is 13.5 Å². The summed E-state index contributed by atoms with van der Waals surface area (Å²) in [5, 5.41) is 0.290. The lowest BCUT2D eigenvalue weighted by atomic mass is 10.1. The molecule has 130 valence electrons. The fourth-order valence-electron chi connectivity index (χ4n) is 2.67. The van der Waals surface area contributed by atoms with Gasteiger partial charge in [-0.15, -0.1) is 0 Å². The molecule has 5 nitrogen and oxygen atoms in total. The molecular weight excluding hydrogens is 339 g/mol. The number of hydrogen-bond acceptors (Lipinski definition) is 5. The molecule has 2 aromatic carbocycles. The zero-order valence-corrected chi connectivity index (χ0v) is 15.0. The molecule has 0 atom stereocenters. The Hall–Kier alpha value is -2.20. The van der Waals surface area contributed by atoms with Crippen molar-refractivity contribution in [2.75, 3.05) is 13.2 Å². The molecular formula is C19H19O5P. The molecule has 0 aliphatic heterocycles. The van der Waals surface area contributed by atoms with Gasteiger partial charge in [0.2, 0.25) is 5.43 Å². The van der Waals surface area contributed by atoms with Gasteiger partial charge >= 0.3 is 7.60 Å². The standard InChI is InChI=1S/C19H19O5P/c1-3-22-25(21,23-4-2)19-17(20)15-12-8-9-13-16(15)24-18(19)14-10-6-5-7-11-14/h5-13H,3-4H2,1-2H3. The summed E-state index contributed by atoms with van der Waals surface area (Å²) in [4.78, 5) is 13.1. The van der Waals surface area contributed by atoms with Crippen molar-refractivity contribution < 1.29 is 18.0 Å². The highest BCUT2D eigenvalue weighted by atomic mass is 31.2.